The Labute approximate surface area is 117 Å². The van der Waals surface area contributed by atoms with Gasteiger partial charge in [0.1, 0.15) is 5.82 Å². The Hall–Kier alpha value is -0.650. The van der Waals surface area contributed by atoms with Crippen molar-refractivity contribution in [2.45, 2.75) is 25.9 Å². The van der Waals surface area contributed by atoms with Gasteiger partial charge in [0.25, 0.3) is 0 Å². The molecule has 1 aromatic rings. The molecule has 0 bridgehead atoms. The van der Waals surface area contributed by atoms with E-state index in [0.717, 1.165) is 36.2 Å². The molecule has 2 N–H and O–H groups in total. The number of anilines is 1. The molecule has 0 atom stereocenters. The number of hydrogen-bond donors (Lipinski definition) is 1. The topological polar surface area (TPSA) is 51.4 Å². The maximum atomic E-state index is 5.68. The van der Waals surface area contributed by atoms with Gasteiger partial charge in [-0.15, -0.1) is 0 Å². The zero-order valence-electron chi connectivity index (χ0n) is 10.7. The van der Waals surface area contributed by atoms with Gasteiger partial charge in [-0.3, -0.25) is 0 Å². The Bertz CT molecular complexity index is 392. The third-order valence-electron chi connectivity index (χ3n) is 3.17. The highest BCUT2D eigenvalue weighted by atomic mass is 79.9. The van der Waals surface area contributed by atoms with Crippen LogP contribution in [0.15, 0.2) is 16.7 Å². The summed E-state index contributed by atoms with van der Waals surface area (Å²) < 4.78 is 6.75. The summed E-state index contributed by atoms with van der Waals surface area (Å²) in [5.41, 5.74) is 6.62. The average Bonchev–Trinajstić information content (AvgIpc) is 2.37. The van der Waals surface area contributed by atoms with Crippen molar-refractivity contribution in [3.63, 3.8) is 0 Å². The quantitative estimate of drug-likeness (QED) is 0.925. The van der Waals surface area contributed by atoms with Crippen LogP contribution in [0.2, 0.25) is 0 Å². The summed E-state index contributed by atoms with van der Waals surface area (Å²) in [5.74, 6) is 1.04. The number of ether oxygens (including phenoxy) is 1. The number of aryl methyl sites for hydroxylation is 1. The fourth-order valence-corrected chi connectivity index (χ4v) is 2.94. The molecular weight excluding hydrogens is 294 g/mol. The fraction of sp³-hybridized carbons (Fsp3) is 0.615. The standard InChI is InChI=1S/C13H20BrN3O/c1-10-8-12(14)13(16-9-10)17-5-2-11(3-6-17)18-7-4-15/h8-9,11H,2-7,15H2,1H3. The Morgan fingerprint density at radius 3 is 2.83 bits per heavy atom. The molecule has 0 radical (unpaired) electrons. The van der Waals surface area contributed by atoms with Gasteiger partial charge < -0.3 is 15.4 Å². The van der Waals surface area contributed by atoms with Crippen LogP contribution in [0, 0.1) is 6.92 Å². The number of rotatable bonds is 4. The monoisotopic (exact) mass is 313 g/mol. The molecule has 2 rings (SSSR count). The number of pyridine rings is 1. The van der Waals surface area contributed by atoms with E-state index in [1.165, 1.54) is 5.56 Å². The second-order valence-electron chi connectivity index (χ2n) is 4.66. The number of halogens is 1. The zero-order valence-corrected chi connectivity index (χ0v) is 12.3. The first-order chi connectivity index (χ1) is 8.70. The molecule has 1 aromatic heterocycles. The molecule has 0 aromatic carbocycles. The van der Waals surface area contributed by atoms with Gasteiger partial charge in [-0.1, -0.05) is 0 Å². The third-order valence-corrected chi connectivity index (χ3v) is 3.75. The molecule has 1 aliphatic rings. The van der Waals surface area contributed by atoms with Crippen LogP contribution in [0.3, 0.4) is 0 Å². The Kier molecular flexibility index (Phi) is 4.97. The lowest BCUT2D eigenvalue weighted by molar-refractivity contribution is 0.0421. The van der Waals surface area contributed by atoms with E-state index in [4.69, 9.17) is 10.5 Å². The van der Waals surface area contributed by atoms with Crippen molar-refractivity contribution in [1.29, 1.82) is 0 Å². The van der Waals surface area contributed by atoms with Crippen LogP contribution in [0.25, 0.3) is 0 Å². The number of aromatic nitrogens is 1. The predicted octanol–water partition coefficient (Wildman–Crippen LogP) is 2.10. The highest BCUT2D eigenvalue weighted by Crippen LogP contribution is 2.27. The lowest BCUT2D eigenvalue weighted by atomic mass is 10.1. The first kappa shape index (κ1) is 13.8. The second kappa shape index (κ2) is 6.50. The van der Waals surface area contributed by atoms with Crippen LogP contribution in [0.4, 0.5) is 5.82 Å². The predicted molar refractivity (Wildman–Crippen MR) is 76.9 cm³/mol. The van der Waals surface area contributed by atoms with Gasteiger partial charge in [0, 0.05) is 25.8 Å². The second-order valence-corrected chi connectivity index (χ2v) is 5.52. The summed E-state index contributed by atoms with van der Waals surface area (Å²) in [4.78, 5) is 6.82. The molecule has 5 heteroatoms. The van der Waals surface area contributed by atoms with E-state index < -0.39 is 0 Å². The normalized spacial score (nSPS) is 17.2. The molecule has 1 aliphatic heterocycles. The molecule has 0 aliphatic carbocycles. The van der Waals surface area contributed by atoms with Gasteiger partial charge in [0.05, 0.1) is 17.2 Å². The first-order valence-electron chi connectivity index (χ1n) is 6.39. The van der Waals surface area contributed by atoms with E-state index in [9.17, 15) is 0 Å². The van der Waals surface area contributed by atoms with Gasteiger partial charge in [-0.25, -0.2) is 4.98 Å². The van der Waals surface area contributed by atoms with E-state index in [0.29, 0.717) is 19.3 Å². The summed E-state index contributed by atoms with van der Waals surface area (Å²) in [7, 11) is 0. The number of piperidine rings is 1. The molecule has 2 heterocycles. The minimum absolute atomic E-state index is 0.356. The van der Waals surface area contributed by atoms with Gasteiger partial charge in [-0.05, 0) is 47.3 Å². The molecule has 4 nitrogen and oxygen atoms in total. The van der Waals surface area contributed by atoms with E-state index in [-0.39, 0.29) is 0 Å². The lowest BCUT2D eigenvalue weighted by Gasteiger charge is -2.33. The van der Waals surface area contributed by atoms with Gasteiger partial charge >= 0.3 is 0 Å². The molecule has 1 fully saturated rings. The summed E-state index contributed by atoms with van der Waals surface area (Å²) >= 11 is 3.59. The highest BCUT2D eigenvalue weighted by molar-refractivity contribution is 9.10. The fourth-order valence-electron chi connectivity index (χ4n) is 2.23. The van der Waals surface area contributed by atoms with E-state index in [1.54, 1.807) is 0 Å². The van der Waals surface area contributed by atoms with Gasteiger partial charge in [0.2, 0.25) is 0 Å². The molecule has 100 valence electrons. The van der Waals surface area contributed by atoms with Crippen LogP contribution in [0.5, 0.6) is 0 Å². The van der Waals surface area contributed by atoms with Crippen LogP contribution in [0.1, 0.15) is 18.4 Å². The van der Waals surface area contributed by atoms with Crippen molar-refractivity contribution in [2.75, 3.05) is 31.1 Å². The maximum Gasteiger partial charge on any atom is 0.142 e. The van der Waals surface area contributed by atoms with Crippen LogP contribution < -0.4 is 10.6 Å². The van der Waals surface area contributed by atoms with E-state index in [1.807, 2.05) is 6.20 Å². The summed E-state index contributed by atoms with van der Waals surface area (Å²) in [6.07, 6.45) is 4.36. The Morgan fingerprint density at radius 1 is 1.50 bits per heavy atom. The van der Waals surface area contributed by atoms with Crippen LogP contribution in [-0.2, 0) is 4.74 Å². The SMILES string of the molecule is Cc1cnc(N2CCC(OCCN)CC2)c(Br)c1. The van der Waals surface area contributed by atoms with Crippen molar-refractivity contribution in [1.82, 2.24) is 4.98 Å². The molecule has 1 saturated heterocycles. The third kappa shape index (κ3) is 3.43. The van der Waals surface area contributed by atoms with Gasteiger partial charge in [0.15, 0.2) is 0 Å². The zero-order chi connectivity index (χ0) is 13.0. The molecule has 0 amide bonds. The Morgan fingerprint density at radius 2 is 2.22 bits per heavy atom. The van der Waals surface area contributed by atoms with Crippen molar-refractivity contribution < 1.29 is 4.74 Å². The smallest absolute Gasteiger partial charge is 0.142 e. The minimum atomic E-state index is 0.356. The Balaban J connectivity index is 1.93. The van der Waals surface area contributed by atoms with Crippen molar-refractivity contribution in [3.05, 3.63) is 22.3 Å². The van der Waals surface area contributed by atoms with Crippen molar-refractivity contribution in [3.8, 4) is 0 Å². The molecular formula is C13H20BrN3O. The van der Waals surface area contributed by atoms with Crippen LogP contribution >= 0.6 is 15.9 Å². The van der Waals surface area contributed by atoms with Gasteiger partial charge in [-0.2, -0.15) is 0 Å². The first-order valence-corrected chi connectivity index (χ1v) is 7.18. The average molecular weight is 314 g/mol. The number of nitrogens with two attached hydrogens (primary N) is 1. The summed E-state index contributed by atoms with van der Waals surface area (Å²) in [6, 6.07) is 2.11. The number of hydrogen-bond acceptors (Lipinski definition) is 4. The van der Waals surface area contributed by atoms with Crippen molar-refractivity contribution >= 4 is 21.7 Å². The molecule has 0 spiro atoms. The van der Waals surface area contributed by atoms with E-state index >= 15 is 0 Å². The lowest BCUT2D eigenvalue weighted by Crippen LogP contribution is -2.38. The highest BCUT2D eigenvalue weighted by Gasteiger charge is 2.21. The van der Waals surface area contributed by atoms with Crippen molar-refractivity contribution in [2.24, 2.45) is 5.73 Å². The minimum Gasteiger partial charge on any atom is -0.377 e. The molecule has 18 heavy (non-hydrogen) atoms. The molecule has 0 saturated carbocycles. The van der Waals surface area contributed by atoms with Crippen LogP contribution in [-0.4, -0.2) is 37.3 Å². The number of nitrogens with zero attached hydrogens (tertiary/aromatic N) is 2. The maximum absolute atomic E-state index is 5.68. The summed E-state index contributed by atoms with van der Waals surface area (Å²) in [6.45, 7) is 5.30. The largest absolute Gasteiger partial charge is 0.377 e. The van der Waals surface area contributed by atoms with E-state index in [2.05, 4.69) is 38.8 Å². The molecule has 0 unspecified atom stereocenters. The summed E-state index contributed by atoms with van der Waals surface area (Å²) in [5, 5.41) is 0.